The van der Waals surface area contributed by atoms with Crippen LogP contribution in [0, 0.1) is 13.8 Å². The Hall–Kier alpha value is -2.45. The highest BCUT2D eigenvalue weighted by Crippen LogP contribution is 2.35. The molecule has 0 saturated carbocycles. The lowest BCUT2D eigenvalue weighted by Crippen LogP contribution is -3.08. The van der Waals surface area contributed by atoms with Gasteiger partial charge in [-0.05, 0) is 31.5 Å². The molecule has 2 aliphatic heterocycles. The van der Waals surface area contributed by atoms with Gasteiger partial charge in [-0.1, -0.05) is 0 Å². The van der Waals surface area contributed by atoms with Crippen molar-refractivity contribution >= 4 is 33.3 Å². The van der Waals surface area contributed by atoms with Crippen molar-refractivity contribution in [1.82, 2.24) is 14.9 Å². The van der Waals surface area contributed by atoms with Gasteiger partial charge in [0.2, 0.25) is 0 Å². The third kappa shape index (κ3) is 3.58. The van der Waals surface area contributed by atoms with E-state index >= 15 is 0 Å². The molecule has 7 nitrogen and oxygen atoms in total. The molecule has 8 heteroatoms. The summed E-state index contributed by atoms with van der Waals surface area (Å²) in [6.07, 6.45) is 4.15. The summed E-state index contributed by atoms with van der Waals surface area (Å²) in [4.78, 5) is 30.8. The topological polar surface area (TPSA) is 66.9 Å². The Bertz CT molecular complexity index is 1050. The Kier molecular flexibility index (Phi) is 5.20. The summed E-state index contributed by atoms with van der Waals surface area (Å²) in [5.74, 6) is 2.37. The van der Waals surface area contributed by atoms with Crippen LogP contribution in [0.5, 0.6) is 0 Å². The van der Waals surface area contributed by atoms with Gasteiger partial charge in [0, 0.05) is 43.9 Å². The highest BCUT2D eigenvalue weighted by molar-refractivity contribution is 7.18. The Morgan fingerprint density at radius 2 is 1.93 bits per heavy atom. The van der Waals surface area contributed by atoms with E-state index in [1.807, 2.05) is 4.90 Å². The SMILES string of the molecule is Cc1sc2nc(C[NH+]3CCCC3)nc(N3CCN(C(=O)c4ccco4)CC3)c2c1C. The van der Waals surface area contributed by atoms with E-state index < -0.39 is 0 Å². The number of quaternary nitrogens is 1. The molecule has 3 aromatic heterocycles. The zero-order valence-electron chi connectivity index (χ0n) is 17.6. The van der Waals surface area contributed by atoms with Crippen molar-refractivity contribution in [3.8, 4) is 0 Å². The third-order valence-electron chi connectivity index (χ3n) is 6.37. The number of carbonyl (C=O) groups excluding carboxylic acids is 1. The predicted molar refractivity (Wildman–Crippen MR) is 117 cm³/mol. The van der Waals surface area contributed by atoms with E-state index in [-0.39, 0.29) is 5.91 Å². The average molecular weight is 427 g/mol. The third-order valence-corrected chi connectivity index (χ3v) is 7.47. The summed E-state index contributed by atoms with van der Waals surface area (Å²) in [7, 11) is 0. The largest absolute Gasteiger partial charge is 0.459 e. The van der Waals surface area contributed by atoms with Crippen molar-refractivity contribution in [2.24, 2.45) is 0 Å². The molecule has 158 valence electrons. The molecule has 30 heavy (non-hydrogen) atoms. The fourth-order valence-corrected chi connectivity index (χ4v) is 5.57. The van der Waals surface area contributed by atoms with Crippen LogP contribution in [-0.2, 0) is 6.54 Å². The molecule has 0 bridgehead atoms. The van der Waals surface area contributed by atoms with Crippen LogP contribution >= 0.6 is 11.3 Å². The monoisotopic (exact) mass is 426 g/mol. The zero-order chi connectivity index (χ0) is 20.7. The van der Waals surface area contributed by atoms with Gasteiger partial charge in [-0.15, -0.1) is 11.3 Å². The summed E-state index contributed by atoms with van der Waals surface area (Å²) in [6.45, 7) is 10.5. The smallest absolute Gasteiger partial charge is 0.289 e. The number of fused-ring (bicyclic) bond motifs is 1. The number of furan rings is 1. The van der Waals surface area contributed by atoms with Crippen molar-refractivity contribution in [2.75, 3.05) is 44.2 Å². The number of likely N-dealkylation sites (tertiary alicyclic amines) is 1. The van der Waals surface area contributed by atoms with Gasteiger partial charge in [-0.25, -0.2) is 9.97 Å². The summed E-state index contributed by atoms with van der Waals surface area (Å²) >= 11 is 1.77. The molecule has 2 fully saturated rings. The maximum absolute atomic E-state index is 12.6. The summed E-state index contributed by atoms with van der Waals surface area (Å²) in [5, 5.41) is 1.18. The van der Waals surface area contributed by atoms with E-state index in [0.29, 0.717) is 18.8 Å². The molecular weight excluding hydrogens is 398 g/mol. The summed E-state index contributed by atoms with van der Waals surface area (Å²) in [6, 6.07) is 3.49. The maximum atomic E-state index is 12.6. The highest BCUT2D eigenvalue weighted by atomic mass is 32.1. The zero-order valence-corrected chi connectivity index (χ0v) is 18.4. The van der Waals surface area contributed by atoms with Gasteiger partial charge in [-0.2, -0.15) is 0 Å². The molecule has 5 heterocycles. The summed E-state index contributed by atoms with van der Waals surface area (Å²) in [5.41, 5.74) is 1.28. The van der Waals surface area contributed by atoms with Crippen molar-refractivity contribution in [3.05, 3.63) is 40.4 Å². The van der Waals surface area contributed by atoms with Crippen molar-refractivity contribution < 1.29 is 14.1 Å². The number of aryl methyl sites for hydroxylation is 2. The number of amides is 1. The average Bonchev–Trinajstić information content (AvgIpc) is 3.51. The molecule has 0 spiro atoms. The van der Waals surface area contributed by atoms with E-state index in [1.165, 1.54) is 41.8 Å². The van der Waals surface area contributed by atoms with E-state index in [9.17, 15) is 4.79 Å². The lowest BCUT2D eigenvalue weighted by Gasteiger charge is -2.35. The second kappa shape index (κ2) is 8.00. The second-order valence-electron chi connectivity index (χ2n) is 8.32. The first-order valence-electron chi connectivity index (χ1n) is 10.8. The molecule has 1 amide bonds. The highest BCUT2D eigenvalue weighted by Gasteiger charge is 2.27. The first kappa shape index (κ1) is 19.5. The van der Waals surface area contributed by atoms with Crippen molar-refractivity contribution in [1.29, 1.82) is 0 Å². The number of aromatic nitrogens is 2. The Labute approximate surface area is 180 Å². The molecule has 0 aliphatic carbocycles. The number of thiophene rings is 1. The first-order valence-corrected chi connectivity index (χ1v) is 11.6. The van der Waals surface area contributed by atoms with Gasteiger partial charge in [-0.3, -0.25) is 4.79 Å². The van der Waals surface area contributed by atoms with Crippen LogP contribution < -0.4 is 9.80 Å². The van der Waals surface area contributed by atoms with Crippen LogP contribution in [0.15, 0.2) is 22.8 Å². The number of rotatable bonds is 4. The second-order valence-corrected chi connectivity index (χ2v) is 9.52. The number of anilines is 1. The van der Waals surface area contributed by atoms with Gasteiger partial charge in [0.25, 0.3) is 5.91 Å². The number of hydrogen-bond donors (Lipinski definition) is 1. The van der Waals surface area contributed by atoms with Crippen molar-refractivity contribution in [2.45, 2.75) is 33.2 Å². The van der Waals surface area contributed by atoms with E-state index in [4.69, 9.17) is 14.4 Å². The summed E-state index contributed by atoms with van der Waals surface area (Å²) < 4.78 is 5.29. The Morgan fingerprint density at radius 3 is 2.63 bits per heavy atom. The molecule has 3 aromatic rings. The number of nitrogens with zero attached hydrogens (tertiary/aromatic N) is 4. The normalized spacial score (nSPS) is 17.9. The van der Waals surface area contributed by atoms with Crippen LogP contribution in [0.3, 0.4) is 0 Å². The molecule has 0 radical (unpaired) electrons. The molecule has 0 aromatic carbocycles. The van der Waals surface area contributed by atoms with Gasteiger partial charge in [0.1, 0.15) is 17.2 Å². The number of hydrogen-bond acceptors (Lipinski definition) is 6. The van der Waals surface area contributed by atoms with Gasteiger partial charge in [0.15, 0.2) is 11.6 Å². The fourth-order valence-electron chi connectivity index (χ4n) is 4.53. The van der Waals surface area contributed by atoms with Crippen LogP contribution in [0.2, 0.25) is 0 Å². The van der Waals surface area contributed by atoms with E-state index in [0.717, 1.165) is 36.1 Å². The van der Waals surface area contributed by atoms with E-state index in [1.54, 1.807) is 34.6 Å². The standard InChI is InChI=1S/C22H27N5O2S/c1-15-16(2)30-21-19(15)20(23-18(24-21)14-25-7-3-4-8-25)26-9-11-27(12-10-26)22(28)17-6-5-13-29-17/h5-6,13H,3-4,7-12,14H2,1-2H3/p+1. The minimum absolute atomic E-state index is 0.0339. The lowest BCUT2D eigenvalue weighted by atomic mass is 10.2. The Balaban J connectivity index is 1.41. The first-order chi connectivity index (χ1) is 14.6. The molecule has 2 aliphatic rings. The molecule has 5 rings (SSSR count). The molecule has 0 unspecified atom stereocenters. The fraction of sp³-hybridized carbons (Fsp3) is 0.500. The minimum Gasteiger partial charge on any atom is -0.459 e. The van der Waals surface area contributed by atoms with Crippen LogP contribution in [0.25, 0.3) is 10.2 Å². The van der Waals surface area contributed by atoms with Crippen molar-refractivity contribution in [3.63, 3.8) is 0 Å². The van der Waals surface area contributed by atoms with Crippen LogP contribution in [0.4, 0.5) is 5.82 Å². The Morgan fingerprint density at radius 1 is 1.17 bits per heavy atom. The minimum atomic E-state index is -0.0339. The number of piperazine rings is 1. The van der Waals surface area contributed by atoms with Crippen LogP contribution in [0.1, 0.15) is 39.7 Å². The van der Waals surface area contributed by atoms with Gasteiger partial charge >= 0.3 is 0 Å². The van der Waals surface area contributed by atoms with Gasteiger partial charge < -0.3 is 19.1 Å². The predicted octanol–water partition coefficient (Wildman–Crippen LogP) is 2.04. The maximum Gasteiger partial charge on any atom is 0.289 e. The molecule has 1 N–H and O–H groups in total. The lowest BCUT2D eigenvalue weighted by molar-refractivity contribution is -0.902. The van der Waals surface area contributed by atoms with Gasteiger partial charge in [0.05, 0.1) is 24.7 Å². The number of carbonyl (C=O) groups is 1. The molecule has 0 atom stereocenters. The quantitative estimate of drug-likeness (QED) is 0.692. The van der Waals surface area contributed by atoms with Crippen LogP contribution in [-0.4, -0.2) is 60.0 Å². The molecular formula is C22H28N5O2S+. The number of nitrogens with one attached hydrogen (secondary N) is 1. The van der Waals surface area contributed by atoms with E-state index in [2.05, 4.69) is 18.7 Å². The molecule has 2 saturated heterocycles.